The van der Waals surface area contributed by atoms with E-state index in [9.17, 15) is 0 Å². The van der Waals surface area contributed by atoms with Crippen LogP contribution in [0.5, 0.6) is 0 Å². The Hall–Kier alpha value is -0.490. The summed E-state index contributed by atoms with van der Waals surface area (Å²) in [5.74, 6) is 2.32. The zero-order valence-electron chi connectivity index (χ0n) is 10.2. The first-order valence-electron chi connectivity index (χ1n) is 6.37. The van der Waals surface area contributed by atoms with Gasteiger partial charge in [-0.2, -0.15) is 0 Å². The number of hydrogen-bond acceptors (Lipinski definition) is 0. The quantitative estimate of drug-likeness (QED) is 0.643. The molecular formula is C15H21Cl. The predicted molar refractivity (Wildman–Crippen MR) is 71.0 cm³/mol. The van der Waals surface area contributed by atoms with Gasteiger partial charge in [0.05, 0.1) is 0 Å². The normalized spacial score (nSPS) is 25.8. The van der Waals surface area contributed by atoms with Crippen LogP contribution in [-0.2, 0) is 0 Å². The smallest absolute Gasteiger partial charge is 0.0359 e. The molecule has 1 heteroatoms. The molecule has 0 nitrogen and oxygen atoms in total. The summed E-state index contributed by atoms with van der Waals surface area (Å²) in [6.07, 6.45) is 3.84. The zero-order chi connectivity index (χ0) is 11.5. The van der Waals surface area contributed by atoms with Crippen LogP contribution in [0.2, 0.25) is 0 Å². The van der Waals surface area contributed by atoms with Crippen LogP contribution in [0, 0.1) is 11.8 Å². The van der Waals surface area contributed by atoms with Crippen LogP contribution in [0.15, 0.2) is 30.3 Å². The molecule has 1 fully saturated rings. The first-order chi connectivity index (χ1) is 7.68. The molecule has 1 aromatic rings. The van der Waals surface area contributed by atoms with Gasteiger partial charge in [0.2, 0.25) is 0 Å². The summed E-state index contributed by atoms with van der Waals surface area (Å²) < 4.78 is 0. The first kappa shape index (κ1) is 12.0. The molecule has 2 rings (SSSR count). The van der Waals surface area contributed by atoms with Crippen LogP contribution in [0.4, 0.5) is 0 Å². The lowest BCUT2D eigenvalue weighted by molar-refractivity contribution is 0.525. The van der Waals surface area contributed by atoms with Gasteiger partial charge in [0, 0.05) is 5.38 Å². The van der Waals surface area contributed by atoms with Crippen molar-refractivity contribution in [2.45, 2.75) is 44.4 Å². The van der Waals surface area contributed by atoms with E-state index in [2.05, 4.69) is 44.2 Å². The second kappa shape index (κ2) is 5.23. The zero-order valence-corrected chi connectivity index (χ0v) is 11.0. The molecule has 0 spiro atoms. The Morgan fingerprint density at radius 3 is 2.56 bits per heavy atom. The highest BCUT2D eigenvalue weighted by Gasteiger charge is 2.37. The van der Waals surface area contributed by atoms with Gasteiger partial charge in [-0.3, -0.25) is 0 Å². The number of rotatable bonds is 5. The van der Waals surface area contributed by atoms with Crippen molar-refractivity contribution in [3.63, 3.8) is 0 Å². The minimum Gasteiger partial charge on any atom is -0.123 e. The standard InChI is InChI=1S/C15H21Cl/c1-11(2)15(16)9-8-13-10-14(13)12-6-4-3-5-7-12/h3-7,11,13-15H,8-10H2,1-2H3. The lowest BCUT2D eigenvalue weighted by atomic mass is 10.0. The number of hydrogen-bond donors (Lipinski definition) is 0. The van der Waals surface area contributed by atoms with Crippen molar-refractivity contribution < 1.29 is 0 Å². The Balaban J connectivity index is 1.76. The van der Waals surface area contributed by atoms with Gasteiger partial charge in [-0.1, -0.05) is 44.2 Å². The molecule has 0 N–H and O–H groups in total. The third-order valence-electron chi connectivity index (χ3n) is 3.69. The van der Waals surface area contributed by atoms with Crippen molar-refractivity contribution in [1.29, 1.82) is 0 Å². The molecule has 0 bridgehead atoms. The molecule has 0 aromatic heterocycles. The van der Waals surface area contributed by atoms with E-state index in [0.29, 0.717) is 11.3 Å². The molecule has 3 atom stereocenters. The topological polar surface area (TPSA) is 0 Å². The average molecular weight is 237 g/mol. The van der Waals surface area contributed by atoms with Crippen molar-refractivity contribution in [1.82, 2.24) is 0 Å². The number of benzene rings is 1. The summed E-state index contributed by atoms with van der Waals surface area (Å²) >= 11 is 6.28. The van der Waals surface area contributed by atoms with Crippen molar-refractivity contribution in [2.24, 2.45) is 11.8 Å². The molecule has 1 aliphatic rings. The molecule has 0 aliphatic heterocycles. The van der Waals surface area contributed by atoms with Crippen molar-refractivity contribution in [3.05, 3.63) is 35.9 Å². The molecular weight excluding hydrogens is 216 g/mol. The monoisotopic (exact) mass is 236 g/mol. The maximum atomic E-state index is 6.28. The fraction of sp³-hybridized carbons (Fsp3) is 0.600. The van der Waals surface area contributed by atoms with Gasteiger partial charge in [0.25, 0.3) is 0 Å². The molecule has 88 valence electrons. The van der Waals surface area contributed by atoms with E-state index in [-0.39, 0.29) is 0 Å². The Bertz CT molecular complexity index is 317. The molecule has 16 heavy (non-hydrogen) atoms. The van der Waals surface area contributed by atoms with E-state index in [1.807, 2.05) is 0 Å². The molecule has 0 saturated heterocycles. The lowest BCUT2D eigenvalue weighted by Crippen LogP contribution is -2.07. The molecule has 1 aliphatic carbocycles. The van der Waals surface area contributed by atoms with E-state index < -0.39 is 0 Å². The predicted octanol–water partition coefficient (Wildman–Crippen LogP) is 4.83. The summed E-state index contributed by atoms with van der Waals surface area (Å²) in [5.41, 5.74) is 1.52. The van der Waals surface area contributed by atoms with E-state index in [1.165, 1.54) is 24.8 Å². The molecule has 3 unspecified atom stereocenters. The molecule has 0 radical (unpaired) electrons. The highest BCUT2D eigenvalue weighted by atomic mass is 35.5. The second-order valence-electron chi connectivity index (χ2n) is 5.35. The van der Waals surface area contributed by atoms with E-state index in [1.54, 1.807) is 0 Å². The Kier molecular flexibility index (Phi) is 3.91. The van der Waals surface area contributed by atoms with Crippen LogP contribution >= 0.6 is 11.6 Å². The average Bonchev–Trinajstić information content (AvgIpc) is 3.06. The molecule has 0 amide bonds. The summed E-state index contributed by atoms with van der Waals surface area (Å²) in [6.45, 7) is 4.42. The van der Waals surface area contributed by atoms with Crippen LogP contribution in [0.25, 0.3) is 0 Å². The van der Waals surface area contributed by atoms with E-state index in [0.717, 1.165) is 11.8 Å². The van der Waals surface area contributed by atoms with Crippen LogP contribution in [-0.4, -0.2) is 5.38 Å². The number of alkyl halides is 1. The second-order valence-corrected chi connectivity index (χ2v) is 5.91. The maximum Gasteiger partial charge on any atom is 0.0359 e. The van der Waals surface area contributed by atoms with Gasteiger partial charge >= 0.3 is 0 Å². The number of halogens is 1. The van der Waals surface area contributed by atoms with Crippen LogP contribution in [0.1, 0.15) is 44.6 Å². The van der Waals surface area contributed by atoms with E-state index >= 15 is 0 Å². The van der Waals surface area contributed by atoms with Gasteiger partial charge in [-0.25, -0.2) is 0 Å². The molecule has 0 heterocycles. The minimum atomic E-state index is 0.358. The highest BCUT2D eigenvalue weighted by molar-refractivity contribution is 6.20. The fourth-order valence-electron chi connectivity index (χ4n) is 2.38. The van der Waals surface area contributed by atoms with Crippen molar-refractivity contribution in [3.8, 4) is 0 Å². The van der Waals surface area contributed by atoms with Gasteiger partial charge < -0.3 is 0 Å². The van der Waals surface area contributed by atoms with Gasteiger partial charge in [-0.15, -0.1) is 11.6 Å². The third-order valence-corrected chi connectivity index (χ3v) is 4.41. The summed E-state index contributed by atoms with van der Waals surface area (Å²) in [5, 5.41) is 0.358. The summed E-state index contributed by atoms with van der Waals surface area (Å²) in [4.78, 5) is 0. The van der Waals surface area contributed by atoms with E-state index in [4.69, 9.17) is 11.6 Å². The minimum absolute atomic E-state index is 0.358. The first-order valence-corrected chi connectivity index (χ1v) is 6.81. The summed E-state index contributed by atoms with van der Waals surface area (Å²) in [7, 11) is 0. The fourth-order valence-corrected chi connectivity index (χ4v) is 2.51. The molecule has 1 saturated carbocycles. The lowest BCUT2D eigenvalue weighted by Gasteiger charge is -2.12. The maximum absolute atomic E-state index is 6.28. The Morgan fingerprint density at radius 2 is 1.94 bits per heavy atom. The SMILES string of the molecule is CC(C)C(Cl)CCC1CC1c1ccccc1. The van der Waals surface area contributed by atoms with Crippen LogP contribution in [0.3, 0.4) is 0 Å². The van der Waals surface area contributed by atoms with Gasteiger partial charge in [-0.05, 0) is 42.6 Å². The van der Waals surface area contributed by atoms with Crippen LogP contribution < -0.4 is 0 Å². The Morgan fingerprint density at radius 1 is 1.25 bits per heavy atom. The third kappa shape index (κ3) is 3.01. The summed E-state index contributed by atoms with van der Waals surface area (Å²) in [6, 6.07) is 10.9. The van der Waals surface area contributed by atoms with Crippen molar-refractivity contribution >= 4 is 11.6 Å². The largest absolute Gasteiger partial charge is 0.123 e. The van der Waals surface area contributed by atoms with Crippen molar-refractivity contribution in [2.75, 3.05) is 0 Å². The Labute approximate surface area is 104 Å². The molecule has 1 aromatic carbocycles. The van der Waals surface area contributed by atoms with Gasteiger partial charge in [0.15, 0.2) is 0 Å². The van der Waals surface area contributed by atoms with Gasteiger partial charge in [0.1, 0.15) is 0 Å². The highest BCUT2D eigenvalue weighted by Crippen LogP contribution is 2.50.